The summed E-state index contributed by atoms with van der Waals surface area (Å²) in [6.07, 6.45) is -3.00. The molecular weight excluding hydrogens is 325 g/mol. The Morgan fingerprint density at radius 1 is 1.25 bits per heavy atom. The summed E-state index contributed by atoms with van der Waals surface area (Å²) >= 11 is 0. The molecule has 1 aromatic carbocycles. The maximum atomic E-state index is 12.2. The summed E-state index contributed by atoms with van der Waals surface area (Å²) in [4.78, 5) is 8.20. The minimum Gasteiger partial charge on any atom is -0.484 e. The van der Waals surface area contributed by atoms with Gasteiger partial charge in [0.1, 0.15) is 12.1 Å². The molecule has 0 atom stereocenters. The number of hydrogen-bond donors (Lipinski definition) is 1. The first-order valence-corrected chi connectivity index (χ1v) is 6.91. The van der Waals surface area contributed by atoms with Crippen LogP contribution in [0.1, 0.15) is 5.56 Å². The number of fused-ring (bicyclic) bond motifs is 1. The number of alkyl halides is 3. The third-order valence-electron chi connectivity index (χ3n) is 3.22. The molecule has 0 radical (unpaired) electrons. The van der Waals surface area contributed by atoms with Crippen LogP contribution in [-0.4, -0.2) is 37.7 Å². The van der Waals surface area contributed by atoms with Crippen molar-refractivity contribution in [2.24, 2.45) is 7.05 Å². The first-order valence-electron chi connectivity index (χ1n) is 6.91. The molecule has 126 valence electrons. The lowest BCUT2D eigenvalue weighted by atomic mass is 10.2. The molecule has 1 N–H and O–H groups in total. The fourth-order valence-corrected chi connectivity index (χ4v) is 2.13. The topological polar surface area (TPSA) is 77.8 Å². The molecule has 0 aliphatic heterocycles. The minimum absolute atomic E-state index is 0.171. The van der Waals surface area contributed by atoms with Crippen LogP contribution < -0.4 is 10.1 Å². The fraction of sp³-hybridized carbons (Fsp3) is 0.286. The second-order valence-corrected chi connectivity index (χ2v) is 5.12. The zero-order chi connectivity index (χ0) is 17.3. The summed E-state index contributed by atoms with van der Waals surface area (Å²) in [5.41, 5.74) is 2.26. The molecule has 0 aliphatic carbocycles. The van der Waals surface area contributed by atoms with E-state index in [9.17, 15) is 13.2 Å². The molecule has 7 nitrogen and oxygen atoms in total. The van der Waals surface area contributed by atoms with Crippen LogP contribution in [0.2, 0.25) is 0 Å². The van der Waals surface area contributed by atoms with Gasteiger partial charge in [-0.3, -0.25) is 0 Å². The van der Waals surface area contributed by atoms with E-state index in [4.69, 9.17) is 4.74 Å². The Labute approximate surface area is 134 Å². The Balaban J connectivity index is 1.81. The van der Waals surface area contributed by atoms with Gasteiger partial charge >= 0.3 is 6.18 Å². The van der Waals surface area contributed by atoms with E-state index in [1.807, 2.05) is 0 Å². The molecule has 0 amide bonds. The Bertz CT molecular complexity index is 877. The van der Waals surface area contributed by atoms with Gasteiger partial charge in [-0.05, 0) is 30.7 Å². The molecule has 2 aromatic heterocycles. The molecule has 0 saturated heterocycles. The molecule has 3 aromatic rings. The number of benzene rings is 1. The van der Waals surface area contributed by atoms with Crippen LogP contribution in [0.25, 0.3) is 11.2 Å². The second-order valence-electron chi connectivity index (χ2n) is 5.12. The van der Waals surface area contributed by atoms with Gasteiger partial charge in [0.05, 0.1) is 0 Å². The lowest BCUT2D eigenvalue weighted by Crippen LogP contribution is -2.19. The number of halogens is 3. The van der Waals surface area contributed by atoms with E-state index in [-0.39, 0.29) is 5.75 Å². The van der Waals surface area contributed by atoms with Crippen LogP contribution in [0.3, 0.4) is 0 Å². The van der Waals surface area contributed by atoms with E-state index in [0.717, 1.165) is 0 Å². The van der Waals surface area contributed by atoms with E-state index in [1.165, 1.54) is 17.1 Å². The smallest absolute Gasteiger partial charge is 0.422 e. The predicted octanol–water partition coefficient (Wildman–Crippen LogP) is 2.75. The number of aryl methyl sites for hydroxylation is 2. The Hall–Kier alpha value is -2.91. The van der Waals surface area contributed by atoms with Crippen molar-refractivity contribution in [2.75, 3.05) is 11.9 Å². The number of ether oxygens (including phenoxy) is 1. The van der Waals surface area contributed by atoms with Crippen molar-refractivity contribution in [3.8, 4) is 5.75 Å². The van der Waals surface area contributed by atoms with Gasteiger partial charge in [0.25, 0.3) is 0 Å². The van der Waals surface area contributed by atoms with Crippen LogP contribution in [0.5, 0.6) is 5.75 Å². The molecule has 24 heavy (non-hydrogen) atoms. The maximum Gasteiger partial charge on any atom is 0.422 e. The molecule has 3 rings (SSSR count). The third-order valence-corrected chi connectivity index (χ3v) is 3.22. The van der Waals surface area contributed by atoms with Crippen molar-refractivity contribution in [1.29, 1.82) is 0 Å². The van der Waals surface area contributed by atoms with Gasteiger partial charge in [0.15, 0.2) is 23.6 Å². The third kappa shape index (κ3) is 3.36. The Kier molecular flexibility index (Phi) is 3.96. The number of nitrogens with zero attached hydrogens (tertiary/aromatic N) is 5. The summed E-state index contributed by atoms with van der Waals surface area (Å²) in [7, 11) is 1.71. The SMILES string of the molecule is Cc1cc(Nc2ncnc3c2nnn3C)ccc1OCC(F)(F)F. The standard InChI is InChI=1S/C14H13F3N6O/c1-8-5-9(3-4-10(8)24-6-14(15,16)17)20-12-11-13(19-7-18-12)23(2)22-21-11/h3-5,7H,6H2,1-2H3,(H,18,19,20). The highest BCUT2D eigenvalue weighted by molar-refractivity contribution is 5.84. The molecular formula is C14H13F3N6O. The number of nitrogens with one attached hydrogen (secondary N) is 1. The quantitative estimate of drug-likeness (QED) is 0.788. The molecule has 2 heterocycles. The molecule has 10 heteroatoms. The lowest BCUT2D eigenvalue weighted by molar-refractivity contribution is -0.153. The van der Waals surface area contributed by atoms with Gasteiger partial charge in [0, 0.05) is 12.7 Å². The molecule has 0 bridgehead atoms. The van der Waals surface area contributed by atoms with Crippen LogP contribution in [0, 0.1) is 6.92 Å². The summed E-state index contributed by atoms with van der Waals surface area (Å²) in [6.45, 7) is 0.335. The summed E-state index contributed by atoms with van der Waals surface area (Å²) in [5.74, 6) is 0.627. The zero-order valence-electron chi connectivity index (χ0n) is 12.8. The van der Waals surface area contributed by atoms with Gasteiger partial charge in [-0.25, -0.2) is 14.6 Å². The highest BCUT2D eigenvalue weighted by Crippen LogP contribution is 2.27. The monoisotopic (exact) mass is 338 g/mol. The summed E-state index contributed by atoms with van der Waals surface area (Å²) in [5, 5.41) is 10.9. The first-order chi connectivity index (χ1) is 11.3. The Morgan fingerprint density at radius 3 is 2.75 bits per heavy atom. The molecule has 0 aliphatic rings. The first kappa shape index (κ1) is 16.0. The molecule has 0 saturated carbocycles. The van der Waals surface area contributed by atoms with Crippen molar-refractivity contribution in [2.45, 2.75) is 13.1 Å². The summed E-state index contributed by atoms with van der Waals surface area (Å²) < 4.78 is 43.0. The van der Waals surface area contributed by atoms with E-state index in [1.54, 1.807) is 26.1 Å². The van der Waals surface area contributed by atoms with Gasteiger partial charge in [-0.15, -0.1) is 5.10 Å². The second kappa shape index (κ2) is 5.95. The van der Waals surface area contributed by atoms with Gasteiger partial charge in [0.2, 0.25) is 0 Å². The van der Waals surface area contributed by atoms with Crippen LogP contribution in [-0.2, 0) is 7.05 Å². The molecule has 0 fully saturated rings. The number of aromatic nitrogens is 5. The number of anilines is 2. The largest absolute Gasteiger partial charge is 0.484 e. The lowest BCUT2D eigenvalue weighted by Gasteiger charge is -2.13. The van der Waals surface area contributed by atoms with E-state index >= 15 is 0 Å². The van der Waals surface area contributed by atoms with Gasteiger partial charge in [-0.2, -0.15) is 13.2 Å². The van der Waals surface area contributed by atoms with E-state index < -0.39 is 12.8 Å². The molecule has 0 unspecified atom stereocenters. The fourth-order valence-electron chi connectivity index (χ4n) is 2.13. The normalized spacial score (nSPS) is 11.7. The predicted molar refractivity (Wildman–Crippen MR) is 80.1 cm³/mol. The highest BCUT2D eigenvalue weighted by Gasteiger charge is 2.28. The van der Waals surface area contributed by atoms with Crippen molar-refractivity contribution < 1.29 is 17.9 Å². The van der Waals surface area contributed by atoms with Crippen LogP contribution >= 0.6 is 0 Å². The van der Waals surface area contributed by atoms with Crippen molar-refractivity contribution >= 4 is 22.7 Å². The minimum atomic E-state index is -4.37. The highest BCUT2D eigenvalue weighted by atomic mass is 19.4. The van der Waals surface area contributed by atoms with Gasteiger partial charge in [-0.1, -0.05) is 5.21 Å². The average Bonchev–Trinajstić information content (AvgIpc) is 2.88. The van der Waals surface area contributed by atoms with E-state index in [0.29, 0.717) is 28.2 Å². The maximum absolute atomic E-state index is 12.2. The average molecular weight is 338 g/mol. The van der Waals surface area contributed by atoms with Crippen molar-refractivity contribution in [3.63, 3.8) is 0 Å². The molecule has 0 spiro atoms. The van der Waals surface area contributed by atoms with Gasteiger partial charge < -0.3 is 10.1 Å². The van der Waals surface area contributed by atoms with Crippen molar-refractivity contribution in [1.82, 2.24) is 25.0 Å². The van der Waals surface area contributed by atoms with E-state index in [2.05, 4.69) is 25.6 Å². The van der Waals surface area contributed by atoms with Crippen molar-refractivity contribution in [3.05, 3.63) is 30.1 Å². The number of rotatable bonds is 4. The zero-order valence-corrected chi connectivity index (χ0v) is 12.8. The van der Waals surface area contributed by atoms with Crippen LogP contribution in [0.15, 0.2) is 24.5 Å². The summed E-state index contributed by atoms with van der Waals surface area (Å²) in [6, 6.07) is 4.73. The number of hydrogen-bond acceptors (Lipinski definition) is 6. The van der Waals surface area contributed by atoms with Crippen LogP contribution in [0.4, 0.5) is 24.7 Å². The Morgan fingerprint density at radius 2 is 2.04 bits per heavy atom.